The minimum absolute atomic E-state index is 0.0461. The molecule has 0 heterocycles. The average molecular weight is 354 g/mol. The molecule has 0 aliphatic heterocycles. The van der Waals surface area contributed by atoms with Crippen LogP contribution in [0.4, 0.5) is 5.69 Å². The van der Waals surface area contributed by atoms with E-state index in [1.807, 2.05) is 36.4 Å². The highest BCUT2D eigenvalue weighted by molar-refractivity contribution is 5.94. The molecule has 2 aromatic rings. The van der Waals surface area contributed by atoms with Crippen LogP contribution in [0.1, 0.15) is 59.6 Å². The summed E-state index contributed by atoms with van der Waals surface area (Å²) in [5.41, 5.74) is 3.15. The maximum atomic E-state index is 12.5. The van der Waals surface area contributed by atoms with Gasteiger partial charge in [0.1, 0.15) is 5.75 Å². The molecule has 2 aromatic carbocycles. The Labute approximate surface area is 157 Å². The minimum Gasteiger partial charge on any atom is -0.481 e. The summed E-state index contributed by atoms with van der Waals surface area (Å²) in [6.07, 6.45) is -0.583. The molecule has 0 spiro atoms. The minimum atomic E-state index is -0.583. The van der Waals surface area contributed by atoms with Gasteiger partial charge in [-0.15, -0.1) is 0 Å². The number of para-hydroxylation sites is 1. The van der Waals surface area contributed by atoms with Gasteiger partial charge < -0.3 is 10.1 Å². The molecule has 1 amide bonds. The van der Waals surface area contributed by atoms with Crippen molar-refractivity contribution in [3.8, 4) is 5.75 Å². The largest absolute Gasteiger partial charge is 0.481 e. The van der Waals surface area contributed by atoms with E-state index in [9.17, 15) is 4.79 Å². The van der Waals surface area contributed by atoms with Crippen molar-refractivity contribution in [2.75, 3.05) is 5.32 Å². The number of nitrogens with one attached hydrogen (secondary N) is 1. The zero-order valence-corrected chi connectivity index (χ0v) is 17.0. The summed E-state index contributed by atoms with van der Waals surface area (Å²) in [6, 6.07) is 15.9. The first-order valence-electron chi connectivity index (χ1n) is 9.16. The van der Waals surface area contributed by atoms with E-state index in [4.69, 9.17) is 4.74 Å². The number of amides is 1. The molecule has 0 saturated heterocycles. The zero-order valence-electron chi connectivity index (χ0n) is 17.0. The molecular formula is C23H31NO2. The molecule has 140 valence electrons. The third-order valence-corrected chi connectivity index (χ3v) is 4.39. The van der Waals surface area contributed by atoms with Gasteiger partial charge in [0.15, 0.2) is 6.10 Å². The van der Waals surface area contributed by atoms with E-state index in [0.29, 0.717) is 0 Å². The average Bonchev–Trinajstić information content (AvgIpc) is 2.54. The highest BCUT2D eigenvalue weighted by atomic mass is 16.5. The van der Waals surface area contributed by atoms with Crippen LogP contribution in [-0.4, -0.2) is 12.0 Å². The van der Waals surface area contributed by atoms with Crippen LogP contribution in [0, 0.1) is 0 Å². The summed E-state index contributed by atoms with van der Waals surface area (Å²) in [5.74, 6) is 0.600. The van der Waals surface area contributed by atoms with Crippen molar-refractivity contribution in [3.63, 3.8) is 0 Å². The summed E-state index contributed by atoms with van der Waals surface area (Å²) in [7, 11) is 0. The lowest BCUT2D eigenvalue weighted by Gasteiger charge is -2.24. The standard InChI is InChI=1S/C23H31NO2/c1-16(26-20-11-9-8-10-19(20)23(5,6)7)21(25)24-18-14-12-17(13-15-18)22(2,3)4/h8-16H,1-7H3,(H,24,25). The van der Waals surface area contributed by atoms with Gasteiger partial charge in [-0.25, -0.2) is 0 Å². The van der Waals surface area contributed by atoms with Crippen LogP contribution >= 0.6 is 0 Å². The highest BCUT2D eigenvalue weighted by Crippen LogP contribution is 2.31. The van der Waals surface area contributed by atoms with Crippen LogP contribution in [0.3, 0.4) is 0 Å². The summed E-state index contributed by atoms with van der Waals surface area (Å²) in [5, 5.41) is 2.93. The van der Waals surface area contributed by atoms with Crippen molar-refractivity contribution in [1.82, 2.24) is 0 Å². The van der Waals surface area contributed by atoms with E-state index in [1.54, 1.807) is 6.92 Å². The first kappa shape index (κ1) is 20.0. The summed E-state index contributed by atoms with van der Waals surface area (Å²) in [4.78, 5) is 12.5. The smallest absolute Gasteiger partial charge is 0.265 e. The van der Waals surface area contributed by atoms with Gasteiger partial charge in [0, 0.05) is 5.69 Å². The van der Waals surface area contributed by atoms with Crippen molar-refractivity contribution >= 4 is 11.6 Å². The van der Waals surface area contributed by atoms with Crippen molar-refractivity contribution in [2.45, 2.75) is 65.4 Å². The first-order chi connectivity index (χ1) is 12.0. The lowest BCUT2D eigenvalue weighted by Crippen LogP contribution is -2.31. The van der Waals surface area contributed by atoms with Crippen molar-refractivity contribution in [1.29, 1.82) is 0 Å². The molecule has 0 bridgehead atoms. The molecule has 0 aromatic heterocycles. The van der Waals surface area contributed by atoms with Crippen LogP contribution in [0.2, 0.25) is 0 Å². The van der Waals surface area contributed by atoms with Crippen LogP contribution in [-0.2, 0) is 15.6 Å². The molecule has 1 unspecified atom stereocenters. The Morgan fingerprint density at radius 1 is 0.885 bits per heavy atom. The number of rotatable bonds is 4. The van der Waals surface area contributed by atoms with Gasteiger partial charge >= 0.3 is 0 Å². The maximum absolute atomic E-state index is 12.5. The van der Waals surface area contributed by atoms with Gasteiger partial charge in [-0.2, -0.15) is 0 Å². The third-order valence-electron chi connectivity index (χ3n) is 4.39. The highest BCUT2D eigenvalue weighted by Gasteiger charge is 2.22. The van der Waals surface area contributed by atoms with E-state index in [1.165, 1.54) is 5.56 Å². The number of anilines is 1. The number of hydrogen-bond donors (Lipinski definition) is 1. The number of carbonyl (C=O) groups is 1. The van der Waals surface area contributed by atoms with Gasteiger partial charge in [-0.3, -0.25) is 4.79 Å². The Morgan fingerprint density at radius 2 is 1.46 bits per heavy atom. The molecule has 2 rings (SSSR count). The SMILES string of the molecule is CC(Oc1ccccc1C(C)(C)C)C(=O)Nc1ccc(C(C)(C)C)cc1. The second-order valence-electron chi connectivity index (χ2n) is 8.82. The Bertz CT molecular complexity index is 749. The first-order valence-corrected chi connectivity index (χ1v) is 9.16. The van der Waals surface area contributed by atoms with E-state index >= 15 is 0 Å². The molecule has 0 aliphatic carbocycles. The van der Waals surface area contributed by atoms with E-state index < -0.39 is 6.10 Å². The number of hydrogen-bond acceptors (Lipinski definition) is 2. The van der Waals surface area contributed by atoms with Gasteiger partial charge in [-0.05, 0) is 47.1 Å². The fourth-order valence-corrected chi connectivity index (χ4v) is 2.73. The Kier molecular flexibility index (Phi) is 5.80. The Hall–Kier alpha value is -2.29. The predicted molar refractivity (Wildman–Crippen MR) is 109 cm³/mol. The molecule has 3 nitrogen and oxygen atoms in total. The molecule has 1 atom stereocenters. The lowest BCUT2D eigenvalue weighted by atomic mass is 9.86. The molecule has 0 saturated carbocycles. The molecule has 0 fully saturated rings. The summed E-state index contributed by atoms with van der Waals surface area (Å²) in [6.45, 7) is 14.7. The normalized spacial score (nSPS) is 13.2. The number of ether oxygens (including phenoxy) is 1. The zero-order chi connectivity index (χ0) is 19.5. The topological polar surface area (TPSA) is 38.3 Å². The van der Waals surface area contributed by atoms with Crippen molar-refractivity contribution in [2.24, 2.45) is 0 Å². The predicted octanol–water partition coefficient (Wildman–Crippen LogP) is 5.69. The third kappa shape index (κ3) is 5.10. The Balaban J connectivity index is 2.07. The lowest BCUT2D eigenvalue weighted by molar-refractivity contribution is -0.122. The second kappa shape index (κ2) is 7.53. The van der Waals surface area contributed by atoms with Gasteiger partial charge in [-0.1, -0.05) is 71.9 Å². The fraction of sp³-hybridized carbons (Fsp3) is 0.435. The number of benzene rings is 2. The van der Waals surface area contributed by atoms with Crippen LogP contribution in [0.15, 0.2) is 48.5 Å². The van der Waals surface area contributed by atoms with Crippen molar-refractivity contribution < 1.29 is 9.53 Å². The molecule has 0 aliphatic rings. The number of carbonyl (C=O) groups excluding carboxylic acids is 1. The monoisotopic (exact) mass is 353 g/mol. The summed E-state index contributed by atoms with van der Waals surface area (Å²) >= 11 is 0. The summed E-state index contributed by atoms with van der Waals surface area (Å²) < 4.78 is 5.97. The van der Waals surface area contributed by atoms with E-state index in [0.717, 1.165) is 17.0 Å². The Morgan fingerprint density at radius 3 is 2.00 bits per heavy atom. The molecule has 0 radical (unpaired) electrons. The van der Waals surface area contributed by atoms with Gasteiger partial charge in [0.05, 0.1) is 0 Å². The van der Waals surface area contributed by atoms with E-state index in [2.05, 4.69) is 59.0 Å². The van der Waals surface area contributed by atoms with Gasteiger partial charge in [0.25, 0.3) is 5.91 Å². The maximum Gasteiger partial charge on any atom is 0.265 e. The fourth-order valence-electron chi connectivity index (χ4n) is 2.73. The van der Waals surface area contributed by atoms with Crippen LogP contribution in [0.25, 0.3) is 0 Å². The van der Waals surface area contributed by atoms with Gasteiger partial charge in [0.2, 0.25) is 0 Å². The quantitative estimate of drug-likeness (QED) is 0.767. The second-order valence-corrected chi connectivity index (χ2v) is 8.82. The molecule has 26 heavy (non-hydrogen) atoms. The van der Waals surface area contributed by atoms with Crippen LogP contribution in [0.5, 0.6) is 5.75 Å². The van der Waals surface area contributed by atoms with Crippen LogP contribution < -0.4 is 10.1 Å². The molecule has 3 heteroatoms. The van der Waals surface area contributed by atoms with Crippen molar-refractivity contribution in [3.05, 3.63) is 59.7 Å². The molecular weight excluding hydrogens is 322 g/mol. The van der Waals surface area contributed by atoms with E-state index in [-0.39, 0.29) is 16.7 Å². The molecule has 1 N–H and O–H groups in total.